The average molecular weight is 206 g/mol. The highest BCUT2D eigenvalue weighted by molar-refractivity contribution is 5.53. The van der Waals surface area contributed by atoms with Gasteiger partial charge < -0.3 is 14.6 Å². The van der Waals surface area contributed by atoms with Gasteiger partial charge in [0.25, 0.3) is 0 Å². The molecule has 0 radical (unpaired) electrons. The Bertz CT molecular complexity index is 431. The van der Waals surface area contributed by atoms with E-state index in [0.29, 0.717) is 18.2 Å². The van der Waals surface area contributed by atoms with E-state index in [1.807, 2.05) is 13.0 Å². The molecule has 0 atom stereocenters. The fourth-order valence-corrected chi connectivity index (χ4v) is 1.41. The van der Waals surface area contributed by atoms with E-state index in [-0.39, 0.29) is 0 Å². The molecule has 4 nitrogen and oxygen atoms in total. The number of aryl methyl sites for hydroxylation is 2. The molecule has 0 aliphatic rings. The average Bonchev–Trinajstić information content (AvgIpc) is 2.83. The van der Waals surface area contributed by atoms with Crippen molar-refractivity contribution >= 4 is 0 Å². The SMILES string of the molecule is Cc1ccoc1-c1cnc(CCCN)o1. The van der Waals surface area contributed by atoms with Crippen LogP contribution in [0.3, 0.4) is 0 Å². The van der Waals surface area contributed by atoms with Crippen molar-refractivity contribution in [2.24, 2.45) is 5.73 Å². The van der Waals surface area contributed by atoms with Crippen LogP contribution in [0.25, 0.3) is 11.5 Å². The standard InChI is InChI=1S/C11H14N2O2/c1-8-4-6-14-11(8)9-7-13-10(15-9)3-2-5-12/h4,6-7H,2-3,5,12H2,1H3. The second kappa shape index (κ2) is 4.31. The van der Waals surface area contributed by atoms with Gasteiger partial charge in [0.05, 0.1) is 12.5 Å². The summed E-state index contributed by atoms with van der Waals surface area (Å²) in [6.45, 7) is 2.62. The van der Waals surface area contributed by atoms with Crippen LogP contribution in [-0.4, -0.2) is 11.5 Å². The first-order valence-corrected chi connectivity index (χ1v) is 5.00. The summed E-state index contributed by atoms with van der Waals surface area (Å²) in [6, 6.07) is 1.90. The predicted molar refractivity (Wildman–Crippen MR) is 56.3 cm³/mol. The van der Waals surface area contributed by atoms with Crippen molar-refractivity contribution < 1.29 is 8.83 Å². The van der Waals surface area contributed by atoms with Crippen LogP contribution in [0.4, 0.5) is 0 Å². The van der Waals surface area contributed by atoms with E-state index in [2.05, 4.69) is 4.98 Å². The molecular weight excluding hydrogens is 192 g/mol. The summed E-state index contributed by atoms with van der Waals surface area (Å²) in [7, 11) is 0. The quantitative estimate of drug-likeness (QED) is 0.832. The lowest BCUT2D eigenvalue weighted by molar-refractivity contribution is 0.476. The number of nitrogens with zero attached hydrogens (tertiary/aromatic N) is 1. The van der Waals surface area contributed by atoms with Gasteiger partial charge in [0, 0.05) is 6.42 Å². The van der Waals surface area contributed by atoms with Crippen molar-refractivity contribution in [3.8, 4) is 11.5 Å². The molecule has 0 aliphatic heterocycles. The van der Waals surface area contributed by atoms with Crippen LogP contribution in [0, 0.1) is 6.92 Å². The first-order valence-electron chi connectivity index (χ1n) is 5.00. The number of aromatic nitrogens is 1. The molecule has 2 aromatic rings. The van der Waals surface area contributed by atoms with Crippen LogP contribution >= 0.6 is 0 Å². The Morgan fingerprint density at radius 3 is 3.00 bits per heavy atom. The van der Waals surface area contributed by atoms with Crippen LogP contribution in [0.2, 0.25) is 0 Å². The molecule has 0 saturated carbocycles. The van der Waals surface area contributed by atoms with Crippen molar-refractivity contribution in [1.82, 2.24) is 4.98 Å². The molecule has 15 heavy (non-hydrogen) atoms. The number of hydrogen-bond acceptors (Lipinski definition) is 4. The monoisotopic (exact) mass is 206 g/mol. The van der Waals surface area contributed by atoms with E-state index >= 15 is 0 Å². The summed E-state index contributed by atoms with van der Waals surface area (Å²) in [6.07, 6.45) is 5.00. The second-order valence-corrected chi connectivity index (χ2v) is 3.44. The molecule has 0 aromatic carbocycles. The van der Waals surface area contributed by atoms with E-state index in [9.17, 15) is 0 Å². The van der Waals surface area contributed by atoms with E-state index in [1.54, 1.807) is 12.5 Å². The normalized spacial score (nSPS) is 10.8. The number of oxazole rings is 1. The van der Waals surface area contributed by atoms with Gasteiger partial charge in [-0.25, -0.2) is 4.98 Å². The molecule has 0 saturated heterocycles. The highest BCUT2D eigenvalue weighted by Gasteiger charge is 2.11. The third kappa shape index (κ3) is 2.10. The Morgan fingerprint density at radius 2 is 2.33 bits per heavy atom. The topological polar surface area (TPSA) is 65.2 Å². The van der Waals surface area contributed by atoms with Gasteiger partial charge in [-0.3, -0.25) is 0 Å². The number of furan rings is 1. The van der Waals surface area contributed by atoms with Crippen LogP contribution < -0.4 is 5.73 Å². The zero-order valence-corrected chi connectivity index (χ0v) is 8.69. The lowest BCUT2D eigenvalue weighted by Crippen LogP contribution is -2.00. The minimum atomic E-state index is 0.650. The third-order valence-corrected chi connectivity index (χ3v) is 2.23. The Hall–Kier alpha value is -1.55. The lowest BCUT2D eigenvalue weighted by atomic mass is 10.2. The Morgan fingerprint density at radius 1 is 1.47 bits per heavy atom. The molecule has 2 heterocycles. The van der Waals surface area contributed by atoms with Crippen molar-refractivity contribution in [3.63, 3.8) is 0 Å². The maximum atomic E-state index is 5.55. The largest absolute Gasteiger partial charge is 0.461 e. The minimum Gasteiger partial charge on any atom is -0.461 e. The summed E-state index contributed by atoms with van der Waals surface area (Å²) in [4.78, 5) is 4.17. The minimum absolute atomic E-state index is 0.650. The summed E-state index contributed by atoms with van der Waals surface area (Å²) in [5.41, 5.74) is 6.47. The highest BCUT2D eigenvalue weighted by atomic mass is 16.4. The smallest absolute Gasteiger partial charge is 0.195 e. The van der Waals surface area contributed by atoms with E-state index in [4.69, 9.17) is 14.6 Å². The molecule has 0 amide bonds. The van der Waals surface area contributed by atoms with Crippen molar-refractivity contribution in [3.05, 3.63) is 30.0 Å². The first kappa shape index (κ1) is 9.98. The van der Waals surface area contributed by atoms with Gasteiger partial charge in [-0.05, 0) is 31.5 Å². The number of rotatable bonds is 4. The zero-order valence-electron chi connectivity index (χ0n) is 8.69. The maximum Gasteiger partial charge on any atom is 0.195 e. The highest BCUT2D eigenvalue weighted by Crippen LogP contribution is 2.24. The fraction of sp³-hybridized carbons (Fsp3) is 0.364. The molecule has 4 heteroatoms. The van der Waals surface area contributed by atoms with Crippen molar-refractivity contribution in [2.75, 3.05) is 6.54 Å². The summed E-state index contributed by atoms with van der Waals surface area (Å²) >= 11 is 0. The Balaban J connectivity index is 2.17. The van der Waals surface area contributed by atoms with Gasteiger partial charge in [0.1, 0.15) is 0 Å². The van der Waals surface area contributed by atoms with Crippen molar-refractivity contribution in [1.29, 1.82) is 0 Å². The molecule has 0 unspecified atom stereocenters. The van der Waals surface area contributed by atoms with Gasteiger partial charge in [0.2, 0.25) is 0 Å². The van der Waals surface area contributed by atoms with Crippen LogP contribution in [0.1, 0.15) is 17.9 Å². The molecule has 2 rings (SSSR count). The molecule has 80 valence electrons. The van der Waals surface area contributed by atoms with Gasteiger partial charge in [0.15, 0.2) is 17.4 Å². The molecule has 0 fully saturated rings. The Labute approximate surface area is 88.1 Å². The second-order valence-electron chi connectivity index (χ2n) is 3.44. The van der Waals surface area contributed by atoms with E-state index < -0.39 is 0 Å². The maximum absolute atomic E-state index is 5.55. The van der Waals surface area contributed by atoms with Gasteiger partial charge in [-0.15, -0.1) is 0 Å². The van der Waals surface area contributed by atoms with Gasteiger partial charge in [-0.1, -0.05) is 0 Å². The van der Waals surface area contributed by atoms with Crippen LogP contribution in [-0.2, 0) is 6.42 Å². The molecule has 0 spiro atoms. The molecule has 2 N–H and O–H groups in total. The molecule has 0 bridgehead atoms. The predicted octanol–water partition coefficient (Wildman–Crippen LogP) is 2.13. The third-order valence-electron chi connectivity index (χ3n) is 2.23. The van der Waals surface area contributed by atoms with Gasteiger partial charge in [-0.2, -0.15) is 0 Å². The Kier molecular flexibility index (Phi) is 2.87. The zero-order chi connectivity index (χ0) is 10.7. The van der Waals surface area contributed by atoms with E-state index in [1.165, 1.54) is 0 Å². The fourth-order valence-electron chi connectivity index (χ4n) is 1.41. The first-order chi connectivity index (χ1) is 7.31. The summed E-state index contributed by atoms with van der Waals surface area (Å²) in [5.74, 6) is 2.15. The van der Waals surface area contributed by atoms with Crippen LogP contribution in [0.5, 0.6) is 0 Å². The molecule has 2 aromatic heterocycles. The molecule has 0 aliphatic carbocycles. The van der Waals surface area contributed by atoms with E-state index in [0.717, 1.165) is 24.2 Å². The van der Waals surface area contributed by atoms with Crippen molar-refractivity contribution in [2.45, 2.75) is 19.8 Å². The number of nitrogens with two attached hydrogens (primary N) is 1. The van der Waals surface area contributed by atoms with Gasteiger partial charge >= 0.3 is 0 Å². The number of hydrogen-bond donors (Lipinski definition) is 1. The lowest BCUT2D eigenvalue weighted by Gasteiger charge is -1.93. The summed E-state index contributed by atoms with van der Waals surface area (Å²) < 4.78 is 10.9. The summed E-state index contributed by atoms with van der Waals surface area (Å²) in [5, 5.41) is 0. The van der Waals surface area contributed by atoms with Crippen LogP contribution in [0.15, 0.2) is 27.4 Å². The molecular formula is C11H14N2O2.